The topological polar surface area (TPSA) is 95.9 Å². The number of hydrogen-bond donors (Lipinski definition) is 2. The van der Waals surface area contributed by atoms with Crippen LogP contribution in [-0.2, 0) is 19.1 Å². The van der Waals surface area contributed by atoms with Crippen molar-refractivity contribution in [3.63, 3.8) is 0 Å². The van der Waals surface area contributed by atoms with E-state index in [0.29, 0.717) is 11.3 Å². The highest BCUT2D eigenvalue weighted by atomic mass is 32.2. The molecule has 1 unspecified atom stereocenters. The van der Waals surface area contributed by atoms with Crippen LogP contribution in [0.1, 0.15) is 24.2 Å². The number of aliphatic hydroxyl groups is 1. The molecular formula is C23H22N2O5S. The summed E-state index contributed by atoms with van der Waals surface area (Å²) in [6.07, 6.45) is -0.669. The van der Waals surface area contributed by atoms with E-state index >= 15 is 0 Å². The zero-order valence-corrected chi connectivity index (χ0v) is 17.7. The molecule has 1 fully saturated rings. The SMILES string of the molecule is CC(=O)NC1C(=O)N2C(C(=O)OC(c3ccccc3)c3ccccc3)=C(CO)CS[C@H]12. The van der Waals surface area contributed by atoms with Gasteiger partial charge in [0, 0.05) is 12.7 Å². The lowest BCUT2D eigenvalue weighted by Gasteiger charge is -2.49. The number of carbonyl (C=O) groups excluding carboxylic acids is 3. The smallest absolute Gasteiger partial charge is 0.356 e. The molecule has 1 saturated heterocycles. The van der Waals surface area contributed by atoms with E-state index in [1.807, 2.05) is 60.7 Å². The molecule has 0 spiro atoms. The number of benzene rings is 2. The molecule has 4 rings (SSSR count). The highest BCUT2D eigenvalue weighted by molar-refractivity contribution is 8.00. The van der Waals surface area contributed by atoms with Crippen molar-refractivity contribution in [2.75, 3.05) is 12.4 Å². The number of amides is 2. The Balaban J connectivity index is 1.64. The largest absolute Gasteiger partial charge is 0.448 e. The van der Waals surface area contributed by atoms with E-state index in [1.54, 1.807) is 0 Å². The summed E-state index contributed by atoms with van der Waals surface area (Å²) < 4.78 is 5.91. The van der Waals surface area contributed by atoms with E-state index in [2.05, 4.69) is 5.32 Å². The molecule has 2 amide bonds. The van der Waals surface area contributed by atoms with Crippen LogP contribution in [0, 0.1) is 0 Å². The van der Waals surface area contributed by atoms with Crippen molar-refractivity contribution in [2.24, 2.45) is 0 Å². The van der Waals surface area contributed by atoms with Crippen LogP contribution in [0.5, 0.6) is 0 Å². The van der Waals surface area contributed by atoms with Gasteiger partial charge in [0.15, 0.2) is 6.10 Å². The van der Waals surface area contributed by atoms with Gasteiger partial charge in [0.2, 0.25) is 5.91 Å². The van der Waals surface area contributed by atoms with Crippen molar-refractivity contribution in [2.45, 2.75) is 24.4 Å². The van der Waals surface area contributed by atoms with Gasteiger partial charge in [-0.15, -0.1) is 11.8 Å². The number of nitrogens with one attached hydrogen (secondary N) is 1. The van der Waals surface area contributed by atoms with Gasteiger partial charge in [0.05, 0.1) is 6.61 Å². The standard InChI is InChI=1S/C23H22N2O5S/c1-14(27)24-18-21(28)25-19(17(12-26)13-31-22(18)25)23(29)30-20(15-8-4-2-5-9-15)16-10-6-3-7-11-16/h2-11,18,20,22,26H,12-13H2,1H3,(H,24,27)/t18?,22-/m1/s1. The first-order valence-corrected chi connectivity index (χ1v) is 10.9. The first-order valence-electron chi connectivity index (χ1n) is 9.86. The molecule has 7 nitrogen and oxygen atoms in total. The van der Waals surface area contributed by atoms with Gasteiger partial charge < -0.3 is 15.2 Å². The maximum Gasteiger partial charge on any atom is 0.356 e. The molecule has 0 radical (unpaired) electrons. The van der Waals surface area contributed by atoms with Gasteiger partial charge in [-0.1, -0.05) is 60.7 Å². The van der Waals surface area contributed by atoms with Crippen LogP contribution in [0.2, 0.25) is 0 Å². The molecule has 2 aliphatic heterocycles. The van der Waals surface area contributed by atoms with Crippen molar-refractivity contribution < 1.29 is 24.2 Å². The number of carbonyl (C=O) groups is 3. The Bertz CT molecular complexity index is 985. The fourth-order valence-electron chi connectivity index (χ4n) is 3.76. The molecule has 2 heterocycles. The van der Waals surface area contributed by atoms with Crippen molar-refractivity contribution in [3.8, 4) is 0 Å². The second kappa shape index (κ2) is 8.95. The first kappa shape index (κ1) is 21.1. The number of aliphatic hydroxyl groups excluding tert-OH is 1. The minimum Gasteiger partial charge on any atom is -0.448 e. The molecule has 2 aromatic rings. The average Bonchev–Trinajstić information content (AvgIpc) is 2.80. The zero-order valence-electron chi connectivity index (χ0n) is 16.9. The predicted octanol–water partition coefficient (Wildman–Crippen LogP) is 1.99. The lowest BCUT2D eigenvalue weighted by molar-refractivity contribution is -0.154. The molecule has 31 heavy (non-hydrogen) atoms. The minimum atomic E-state index is -0.690. The maximum atomic E-state index is 13.3. The summed E-state index contributed by atoms with van der Waals surface area (Å²) in [5.74, 6) is -1.01. The Morgan fingerprint density at radius 3 is 2.23 bits per heavy atom. The van der Waals surface area contributed by atoms with Gasteiger partial charge in [-0.2, -0.15) is 0 Å². The number of β-lactam (4-membered cyclic amide) rings is 1. The average molecular weight is 439 g/mol. The van der Waals surface area contributed by atoms with Gasteiger partial charge in [-0.05, 0) is 16.7 Å². The van der Waals surface area contributed by atoms with E-state index in [0.717, 1.165) is 11.1 Å². The molecule has 2 N–H and O–H groups in total. The first-order chi connectivity index (χ1) is 15.0. The number of ether oxygens (including phenoxy) is 1. The molecule has 0 aromatic heterocycles. The second-order valence-corrected chi connectivity index (χ2v) is 8.41. The Morgan fingerprint density at radius 1 is 1.13 bits per heavy atom. The van der Waals surface area contributed by atoms with Gasteiger partial charge >= 0.3 is 5.97 Å². The third-order valence-electron chi connectivity index (χ3n) is 5.22. The van der Waals surface area contributed by atoms with E-state index in [-0.39, 0.29) is 24.1 Å². The molecule has 0 aliphatic carbocycles. The normalized spacial score (nSPS) is 20.2. The Kier molecular flexibility index (Phi) is 6.11. The molecule has 8 heteroatoms. The number of esters is 1. The van der Waals surface area contributed by atoms with Crippen LogP contribution < -0.4 is 5.32 Å². The van der Waals surface area contributed by atoms with Crippen molar-refractivity contribution in [3.05, 3.63) is 83.1 Å². The molecular weight excluding hydrogens is 416 g/mol. The summed E-state index contributed by atoms with van der Waals surface area (Å²) in [7, 11) is 0. The lowest BCUT2D eigenvalue weighted by Crippen LogP contribution is -2.70. The molecule has 2 aliphatic rings. The molecule has 0 saturated carbocycles. The second-order valence-electron chi connectivity index (χ2n) is 7.30. The zero-order chi connectivity index (χ0) is 22.0. The van der Waals surface area contributed by atoms with E-state index in [4.69, 9.17) is 4.74 Å². The van der Waals surface area contributed by atoms with E-state index in [1.165, 1.54) is 23.6 Å². The van der Waals surface area contributed by atoms with Crippen LogP contribution in [0.15, 0.2) is 71.9 Å². The number of hydrogen-bond acceptors (Lipinski definition) is 6. The highest BCUT2D eigenvalue weighted by Gasteiger charge is 2.54. The van der Waals surface area contributed by atoms with E-state index < -0.39 is 23.5 Å². The third kappa shape index (κ3) is 4.08. The monoisotopic (exact) mass is 438 g/mol. The number of fused-ring (bicyclic) bond motifs is 1. The van der Waals surface area contributed by atoms with Gasteiger partial charge in [0.1, 0.15) is 17.1 Å². The minimum absolute atomic E-state index is 0.0646. The lowest BCUT2D eigenvalue weighted by atomic mass is 10.0. The van der Waals surface area contributed by atoms with Crippen molar-refractivity contribution in [1.82, 2.24) is 10.2 Å². The van der Waals surface area contributed by atoms with E-state index in [9.17, 15) is 19.5 Å². The summed E-state index contributed by atoms with van der Waals surface area (Å²) in [5, 5.41) is 12.0. The van der Waals surface area contributed by atoms with Crippen LogP contribution in [-0.4, -0.2) is 51.6 Å². The quantitative estimate of drug-likeness (QED) is 0.529. The summed E-state index contributed by atoms with van der Waals surface area (Å²) in [4.78, 5) is 38.8. The number of nitrogens with zero attached hydrogens (tertiary/aromatic N) is 1. The summed E-state index contributed by atoms with van der Waals surface area (Å²) in [5.41, 5.74) is 2.08. The maximum absolute atomic E-state index is 13.3. The number of thioether (sulfide) groups is 1. The Morgan fingerprint density at radius 2 is 1.71 bits per heavy atom. The third-order valence-corrected chi connectivity index (χ3v) is 6.56. The van der Waals surface area contributed by atoms with Crippen molar-refractivity contribution >= 4 is 29.5 Å². The molecule has 160 valence electrons. The Labute approximate surface area is 184 Å². The summed E-state index contributed by atoms with van der Waals surface area (Å²) >= 11 is 1.40. The summed E-state index contributed by atoms with van der Waals surface area (Å²) in [6.45, 7) is 0.984. The van der Waals surface area contributed by atoms with Crippen LogP contribution in [0.25, 0.3) is 0 Å². The molecule has 2 aromatic carbocycles. The predicted molar refractivity (Wildman–Crippen MR) is 116 cm³/mol. The van der Waals surface area contributed by atoms with Crippen molar-refractivity contribution in [1.29, 1.82) is 0 Å². The number of rotatable bonds is 6. The van der Waals surface area contributed by atoms with Crippen LogP contribution >= 0.6 is 11.8 Å². The van der Waals surface area contributed by atoms with Crippen LogP contribution in [0.4, 0.5) is 0 Å². The summed E-state index contributed by atoms with van der Waals surface area (Å²) in [6, 6.07) is 18.0. The van der Waals surface area contributed by atoms with Gasteiger partial charge in [0.25, 0.3) is 5.91 Å². The molecule has 2 atom stereocenters. The Hall–Kier alpha value is -3.10. The fraction of sp³-hybridized carbons (Fsp3) is 0.261. The van der Waals surface area contributed by atoms with Gasteiger partial charge in [-0.3, -0.25) is 14.5 Å². The van der Waals surface area contributed by atoms with Crippen LogP contribution in [0.3, 0.4) is 0 Å². The molecule has 0 bridgehead atoms. The fourth-order valence-corrected chi connectivity index (χ4v) is 5.09. The highest BCUT2D eigenvalue weighted by Crippen LogP contribution is 2.41. The van der Waals surface area contributed by atoms with Gasteiger partial charge in [-0.25, -0.2) is 4.79 Å².